The van der Waals surface area contributed by atoms with E-state index in [2.05, 4.69) is 10.6 Å². The minimum Gasteiger partial charge on any atom is -0.394 e. The average Bonchev–Trinajstić information content (AvgIpc) is 3.35. The first-order valence-electron chi connectivity index (χ1n) is 23.1. The van der Waals surface area contributed by atoms with E-state index in [-0.39, 0.29) is 0 Å². The van der Waals surface area contributed by atoms with Crippen LogP contribution in [0.5, 0.6) is 0 Å². The van der Waals surface area contributed by atoms with Crippen LogP contribution in [0.3, 0.4) is 0 Å². The second-order valence-electron chi connectivity index (χ2n) is 18.3. The third-order valence-corrected chi connectivity index (χ3v) is 13.2. The maximum absolute atomic E-state index is 12.6. The Morgan fingerprint density at radius 3 is 1.26 bits per heavy atom. The van der Waals surface area contributed by atoms with Crippen LogP contribution in [-0.4, -0.2) is 327 Å². The summed E-state index contributed by atoms with van der Waals surface area (Å²) in [6, 6.07) is -3.42. The van der Waals surface area contributed by atoms with Crippen LogP contribution in [0.25, 0.3) is 0 Å². The largest absolute Gasteiger partial charge is 0.394 e. The number of aliphatic hydroxyl groups is 18. The van der Waals surface area contributed by atoms with E-state index in [1.165, 1.54) is 0 Å². The fourth-order valence-electron chi connectivity index (χ4n) is 9.20. The summed E-state index contributed by atoms with van der Waals surface area (Å²) >= 11 is 0. The smallest absolute Gasteiger partial charge is 0.217 e. The Labute approximate surface area is 413 Å². The second-order valence-corrected chi connectivity index (χ2v) is 18.3. The Hall–Kier alpha value is -2.22. The Morgan fingerprint density at radius 2 is 0.740 bits per heavy atom. The number of hydrogen-bond acceptors (Lipinski definition) is 31. The van der Waals surface area contributed by atoms with Crippen molar-refractivity contribution in [1.82, 2.24) is 10.6 Å². The molecule has 0 radical (unpaired) electrons. The van der Waals surface area contributed by atoms with Gasteiger partial charge in [0.25, 0.3) is 0 Å². The lowest BCUT2D eigenvalue weighted by Gasteiger charge is -2.50. The molecule has 0 aromatic rings. The molecule has 424 valence electrons. The van der Waals surface area contributed by atoms with E-state index in [0.717, 1.165) is 13.8 Å². The molecule has 30 atom stereocenters. The van der Waals surface area contributed by atoms with Crippen LogP contribution in [0.4, 0.5) is 0 Å². The number of hydrogen-bond donors (Lipinski definition) is 20. The predicted molar refractivity (Wildman–Crippen MR) is 222 cm³/mol. The zero-order valence-corrected chi connectivity index (χ0v) is 38.9. The van der Waals surface area contributed by atoms with Gasteiger partial charge in [0, 0.05) is 13.8 Å². The Kier molecular flexibility index (Phi) is 21.3. The van der Waals surface area contributed by atoms with Gasteiger partial charge in [-0.25, -0.2) is 0 Å². The topological polar surface area (TPSA) is 524 Å². The molecular formula is C40H68N2O31. The van der Waals surface area contributed by atoms with E-state index in [4.69, 9.17) is 52.1 Å². The lowest BCUT2D eigenvalue weighted by atomic mass is 9.94. The molecule has 0 saturated carbocycles. The van der Waals surface area contributed by atoms with Crippen molar-refractivity contribution in [3.8, 4) is 0 Å². The molecule has 6 saturated heterocycles. The molecule has 33 nitrogen and oxygen atoms in total. The molecule has 2 amide bonds. The second kappa shape index (κ2) is 26.0. The van der Waals surface area contributed by atoms with Crippen molar-refractivity contribution in [2.75, 3.05) is 39.6 Å². The van der Waals surface area contributed by atoms with E-state index in [0.29, 0.717) is 0 Å². The van der Waals surface area contributed by atoms with E-state index >= 15 is 0 Å². The summed E-state index contributed by atoms with van der Waals surface area (Å²) in [5, 5.41) is 197. The van der Waals surface area contributed by atoms with Crippen LogP contribution in [0, 0.1) is 0 Å². The minimum absolute atomic E-state index is 0.758. The first-order chi connectivity index (χ1) is 34.5. The third kappa shape index (κ3) is 13.0. The van der Waals surface area contributed by atoms with Crippen LogP contribution < -0.4 is 10.6 Å². The van der Waals surface area contributed by atoms with Gasteiger partial charge in [0.2, 0.25) is 11.8 Å². The fourth-order valence-corrected chi connectivity index (χ4v) is 9.20. The number of nitrogens with one attached hydrogen (secondary N) is 2. The molecule has 0 bridgehead atoms. The van der Waals surface area contributed by atoms with Gasteiger partial charge in [-0.15, -0.1) is 0 Å². The number of carbonyl (C=O) groups excluding carboxylic acids is 2. The molecule has 0 unspecified atom stereocenters. The van der Waals surface area contributed by atoms with Crippen molar-refractivity contribution in [3.63, 3.8) is 0 Å². The van der Waals surface area contributed by atoms with Gasteiger partial charge in [-0.05, 0) is 0 Å². The fraction of sp³-hybridized carbons (Fsp3) is 0.950. The molecular weight excluding hydrogens is 1000 g/mol. The van der Waals surface area contributed by atoms with Crippen molar-refractivity contribution < 1.29 is 154 Å². The number of ether oxygens (including phenoxy) is 11. The van der Waals surface area contributed by atoms with Gasteiger partial charge in [0.15, 0.2) is 37.7 Å². The number of amides is 2. The highest BCUT2D eigenvalue weighted by atomic mass is 16.8. The van der Waals surface area contributed by atoms with Crippen LogP contribution >= 0.6 is 0 Å². The molecule has 6 rings (SSSR count). The zero-order chi connectivity index (χ0) is 53.9. The Morgan fingerprint density at radius 1 is 0.356 bits per heavy atom. The highest BCUT2D eigenvalue weighted by Crippen LogP contribution is 2.37. The monoisotopic (exact) mass is 1070 g/mol. The van der Waals surface area contributed by atoms with Crippen molar-refractivity contribution in [2.45, 2.75) is 198 Å². The van der Waals surface area contributed by atoms with Gasteiger partial charge < -0.3 is 155 Å². The molecule has 20 N–H and O–H groups in total. The van der Waals surface area contributed by atoms with E-state index < -0.39 is 236 Å². The van der Waals surface area contributed by atoms with E-state index in [9.17, 15) is 102 Å². The zero-order valence-electron chi connectivity index (χ0n) is 38.9. The van der Waals surface area contributed by atoms with Gasteiger partial charge in [-0.3, -0.25) is 9.59 Å². The van der Waals surface area contributed by atoms with E-state index in [1.54, 1.807) is 0 Å². The molecule has 0 aromatic heterocycles. The molecule has 6 aliphatic heterocycles. The normalized spacial score (nSPS) is 49.8. The summed E-state index contributed by atoms with van der Waals surface area (Å²) < 4.78 is 62.9. The first-order valence-corrected chi connectivity index (χ1v) is 23.1. The van der Waals surface area contributed by atoms with Crippen LogP contribution in [0.2, 0.25) is 0 Å². The predicted octanol–water partition coefficient (Wildman–Crippen LogP) is -13.8. The van der Waals surface area contributed by atoms with Gasteiger partial charge in [0.1, 0.15) is 146 Å². The Bertz CT molecular complexity index is 1750. The summed E-state index contributed by atoms with van der Waals surface area (Å²) in [7, 11) is 0. The molecule has 0 aromatic carbocycles. The molecule has 6 heterocycles. The summed E-state index contributed by atoms with van der Waals surface area (Å²) in [5.74, 6) is -1.62. The third-order valence-electron chi connectivity index (χ3n) is 13.2. The first kappa shape index (κ1) is 60.0. The maximum Gasteiger partial charge on any atom is 0.217 e. The van der Waals surface area contributed by atoms with Gasteiger partial charge >= 0.3 is 0 Å². The maximum atomic E-state index is 12.6. The molecule has 33 heteroatoms. The molecule has 0 spiro atoms. The molecule has 6 fully saturated rings. The van der Waals surface area contributed by atoms with Gasteiger partial charge in [-0.2, -0.15) is 0 Å². The molecule has 0 aliphatic carbocycles. The standard InChI is InChI=1S/C40H68N2O31/c1-9(48)41-17-23(54)31(14(6-46)64-35(17)62)71-39-30(61)33(22(53)16(69-39)8-63-37-28(59)25(56)19(50)11(3-43)65-37)72-40-34(27(58)21(52)13(5-45)67-40)73-36-18(42-10(2)49)24(55)32(15(7-47)68-36)70-38-29(60)26(57)20(51)12(4-44)66-38/h11-40,43-47,50-62H,3-8H2,1-2H3,(H,41,48)(H,42,49)/t11-,12-,13-,14-,15-,16-,17-,18-,19-,20+,21-,22-,23-,24-,25+,26+,27+,28+,29-,30+,31-,32-,33+,34+,35-,36+,37+,38+,39+,40-/m1/s1. The quantitative estimate of drug-likeness (QED) is 0.0606. The van der Waals surface area contributed by atoms with Crippen molar-refractivity contribution >= 4 is 11.8 Å². The summed E-state index contributed by atoms with van der Waals surface area (Å²) in [4.78, 5) is 24.5. The van der Waals surface area contributed by atoms with E-state index in [1.807, 2.05) is 0 Å². The minimum atomic E-state index is -2.30. The van der Waals surface area contributed by atoms with Crippen molar-refractivity contribution in [3.05, 3.63) is 0 Å². The summed E-state index contributed by atoms with van der Waals surface area (Å²) in [5.41, 5.74) is 0. The highest BCUT2D eigenvalue weighted by molar-refractivity contribution is 5.73. The summed E-state index contributed by atoms with van der Waals surface area (Å²) in [6.45, 7) is -3.67. The lowest BCUT2D eigenvalue weighted by molar-refractivity contribution is -0.396. The van der Waals surface area contributed by atoms with Crippen LogP contribution in [0.1, 0.15) is 13.8 Å². The van der Waals surface area contributed by atoms with Crippen molar-refractivity contribution in [1.29, 1.82) is 0 Å². The van der Waals surface area contributed by atoms with Gasteiger partial charge in [0.05, 0.1) is 39.6 Å². The SMILES string of the molecule is CC(=O)N[C@@H]1[C@@H](O)[C@H](O[C@@H]2O[C@H](CO[C@H]3O[C@H](CO)[C@@H](O)[C@H](O)[C@@H]3O)[C@@H](O)[C@H](O[C@H]3O[C@H](CO)[C@@H](O)[C@H](O)[C@@H]3O[C@@H]3O[C@H](CO)[C@@H](O[C@@H]4O[C@H](CO)[C@H](O)[C@H](O)[C@H]4O)[C@H](O)[C@H]3NC(C)=O)[C@@H]2O)[C@@H](CO)O[C@H]1O. The molecule has 73 heavy (non-hydrogen) atoms. The highest BCUT2D eigenvalue weighted by Gasteiger charge is 2.58. The number of rotatable bonds is 18. The van der Waals surface area contributed by atoms with Crippen molar-refractivity contribution in [2.24, 2.45) is 0 Å². The average molecular weight is 1070 g/mol. The van der Waals surface area contributed by atoms with Gasteiger partial charge in [-0.1, -0.05) is 0 Å². The van der Waals surface area contributed by atoms with Crippen LogP contribution in [-0.2, 0) is 61.7 Å². The number of aliphatic hydroxyl groups excluding tert-OH is 18. The van der Waals surface area contributed by atoms with Crippen LogP contribution in [0.15, 0.2) is 0 Å². The lowest BCUT2D eigenvalue weighted by Crippen LogP contribution is -2.70. The summed E-state index contributed by atoms with van der Waals surface area (Å²) in [6.07, 6.45) is -54.1. The number of carbonyl (C=O) groups is 2. The molecule has 6 aliphatic rings. The Balaban J connectivity index is 1.31.